The first-order chi connectivity index (χ1) is 8.35. The van der Waals surface area contributed by atoms with Crippen LogP contribution < -0.4 is 5.73 Å². The molecule has 3 heteroatoms. The summed E-state index contributed by atoms with van der Waals surface area (Å²) in [6.07, 6.45) is 2.20. The zero-order chi connectivity index (χ0) is 13.5. The molecular formula is C15H25N3. The number of hydrogen-bond acceptors (Lipinski definition) is 3. The Morgan fingerprint density at radius 2 is 1.78 bits per heavy atom. The molecular weight excluding hydrogens is 222 g/mol. The van der Waals surface area contributed by atoms with E-state index in [0.717, 1.165) is 30.2 Å². The molecule has 1 aromatic heterocycles. The van der Waals surface area contributed by atoms with Crippen molar-refractivity contribution in [3.8, 4) is 0 Å². The molecule has 0 saturated heterocycles. The van der Waals surface area contributed by atoms with E-state index >= 15 is 0 Å². The van der Waals surface area contributed by atoms with Crippen molar-refractivity contribution in [2.75, 3.05) is 6.54 Å². The van der Waals surface area contributed by atoms with E-state index in [9.17, 15) is 0 Å². The quantitative estimate of drug-likeness (QED) is 0.890. The van der Waals surface area contributed by atoms with Crippen LogP contribution in [0.15, 0.2) is 0 Å². The predicted octanol–water partition coefficient (Wildman–Crippen LogP) is 2.74. The molecule has 1 fully saturated rings. The van der Waals surface area contributed by atoms with Crippen LogP contribution in [0.25, 0.3) is 0 Å². The fourth-order valence-corrected chi connectivity index (χ4v) is 2.56. The van der Waals surface area contributed by atoms with Gasteiger partial charge in [0.2, 0.25) is 0 Å². The highest BCUT2D eigenvalue weighted by Gasteiger charge is 2.48. The first-order valence-corrected chi connectivity index (χ1v) is 6.89. The van der Waals surface area contributed by atoms with Gasteiger partial charge in [0.05, 0.1) is 0 Å². The van der Waals surface area contributed by atoms with E-state index in [4.69, 9.17) is 15.7 Å². The Bertz CT molecular complexity index is 428. The molecule has 2 N–H and O–H groups in total. The van der Waals surface area contributed by atoms with Crippen LogP contribution >= 0.6 is 0 Å². The van der Waals surface area contributed by atoms with Crippen LogP contribution in [0.4, 0.5) is 0 Å². The van der Waals surface area contributed by atoms with Gasteiger partial charge < -0.3 is 5.73 Å². The van der Waals surface area contributed by atoms with Gasteiger partial charge in [0, 0.05) is 17.3 Å². The van der Waals surface area contributed by atoms with Gasteiger partial charge in [0.15, 0.2) is 0 Å². The van der Waals surface area contributed by atoms with Crippen molar-refractivity contribution in [1.29, 1.82) is 0 Å². The van der Waals surface area contributed by atoms with Gasteiger partial charge in [-0.25, -0.2) is 9.97 Å². The van der Waals surface area contributed by atoms with Crippen molar-refractivity contribution in [2.24, 2.45) is 17.1 Å². The first kappa shape index (κ1) is 13.5. The highest BCUT2D eigenvalue weighted by atomic mass is 14.9. The Morgan fingerprint density at radius 1 is 1.28 bits per heavy atom. The van der Waals surface area contributed by atoms with E-state index in [1.165, 1.54) is 12.0 Å². The maximum atomic E-state index is 5.70. The fraction of sp³-hybridized carbons (Fsp3) is 0.733. The van der Waals surface area contributed by atoms with Crippen molar-refractivity contribution < 1.29 is 0 Å². The third-order valence-electron chi connectivity index (χ3n) is 4.22. The van der Waals surface area contributed by atoms with E-state index in [-0.39, 0.29) is 0 Å². The van der Waals surface area contributed by atoms with Gasteiger partial charge in [-0.2, -0.15) is 0 Å². The van der Waals surface area contributed by atoms with Crippen LogP contribution in [-0.4, -0.2) is 16.5 Å². The Hall–Kier alpha value is -0.960. The van der Waals surface area contributed by atoms with E-state index < -0.39 is 0 Å². The maximum Gasteiger partial charge on any atom is 0.132 e. The Labute approximate surface area is 110 Å². The number of aromatic nitrogens is 2. The van der Waals surface area contributed by atoms with Crippen molar-refractivity contribution in [1.82, 2.24) is 9.97 Å². The summed E-state index contributed by atoms with van der Waals surface area (Å²) in [6.45, 7) is 11.7. The Kier molecular flexibility index (Phi) is 3.45. The number of aryl methyl sites for hydroxylation is 2. The SMILES string of the molecule is Cc1nc(C2CC2(C)C)nc(C)c1CC(C)CN. The normalized spacial score (nSPS) is 22.9. The fourth-order valence-electron chi connectivity index (χ4n) is 2.56. The lowest BCUT2D eigenvalue weighted by molar-refractivity contribution is 0.579. The first-order valence-electron chi connectivity index (χ1n) is 6.89. The summed E-state index contributed by atoms with van der Waals surface area (Å²) in [7, 11) is 0. The molecule has 2 rings (SSSR count). The van der Waals surface area contributed by atoms with Gasteiger partial charge in [0.25, 0.3) is 0 Å². The number of rotatable bonds is 4. The molecule has 1 aliphatic carbocycles. The van der Waals surface area contributed by atoms with Crippen LogP contribution in [-0.2, 0) is 6.42 Å². The average molecular weight is 247 g/mol. The Balaban J connectivity index is 2.25. The van der Waals surface area contributed by atoms with E-state index in [0.29, 0.717) is 17.3 Å². The van der Waals surface area contributed by atoms with Crippen molar-refractivity contribution in [2.45, 2.75) is 53.4 Å². The predicted molar refractivity (Wildman–Crippen MR) is 74.6 cm³/mol. The Morgan fingerprint density at radius 3 is 2.17 bits per heavy atom. The topological polar surface area (TPSA) is 51.8 Å². The van der Waals surface area contributed by atoms with Gasteiger partial charge in [-0.15, -0.1) is 0 Å². The lowest BCUT2D eigenvalue weighted by Gasteiger charge is -2.14. The summed E-state index contributed by atoms with van der Waals surface area (Å²) in [5.74, 6) is 2.09. The molecule has 0 radical (unpaired) electrons. The average Bonchev–Trinajstić information content (AvgIpc) is 2.92. The minimum Gasteiger partial charge on any atom is -0.330 e. The minimum absolute atomic E-state index is 0.394. The zero-order valence-electron chi connectivity index (χ0n) is 12.2. The van der Waals surface area contributed by atoms with Gasteiger partial charge in [0.1, 0.15) is 5.82 Å². The largest absolute Gasteiger partial charge is 0.330 e. The van der Waals surface area contributed by atoms with E-state index in [1.807, 2.05) is 0 Å². The van der Waals surface area contributed by atoms with Crippen LogP contribution in [0.1, 0.15) is 55.9 Å². The van der Waals surface area contributed by atoms with Crippen LogP contribution in [0.2, 0.25) is 0 Å². The zero-order valence-corrected chi connectivity index (χ0v) is 12.2. The molecule has 2 atom stereocenters. The molecule has 0 aromatic carbocycles. The molecule has 1 aromatic rings. The molecule has 0 amide bonds. The van der Waals surface area contributed by atoms with Gasteiger partial charge in [-0.1, -0.05) is 20.8 Å². The standard InChI is InChI=1S/C15H25N3/c1-9(8-16)6-12-10(2)17-14(18-11(12)3)13-7-15(13,4)5/h9,13H,6-8,16H2,1-5H3. The molecule has 2 unspecified atom stereocenters. The van der Waals surface area contributed by atoms with Gasteiger partial charge >= 0.3 is 0 Å². The molecule has 1 aliphatic rings. The molecule has 0 spiro atoms. The summed E-state index contributed by atoms with van der Waals surface area (Å²) in [5, 5.41) is 0. The highest BCUT2D eigenvalue weighted by molar-refractivity contribution is 5.28. The van der Waals surface area contributed by atoms with Crippen molar-refractivity contribution in [3.63, 3.8) is 0 Å². The summed E-state index contributed by atoms with van der Waals surface area (Å²) in [5.41, 5.74) is 9.66. The molecule has 0 aliphatic heterocycles. The van der Waals surface area contributed by atoms with E-state index in [1.54, 1.807) is 0 Å². The summed E-state index contributed by atoms with van der Waals surface area (Å²) in [6, 6.07) is 0. The second-order valence-electron chi connectivity index (χ2n) is 6.52. The van der Waals surface area contributed by atoms with Gasteiger partial charge in [-0.3, -0.25) is 0 Å². The van der Waals surface area contributed by atoms with Crippen molar-refractivity contribution >= 4 is 0 Å². The monoisotopic (exact) mass is 247 g/mol. The maximum absolute atomic E-state index is 5.70. The number of nitrogens with zero attached hydrogens (tertiary/aromatic N) is 2. The van der Waals surface area contributed by atoms with E-state index in [2.05, 4.69) is 34.6 Å². The lowest BCUT2D eigenvalue weighted by Crippen LogP contribution is -2.16. The highest BCUT2D eigenvalue weighted by Crippen LogP contribution is 2.57. The smallest absolute Gasteiger partial charge is 0.132 e. The van der Waals surface area contributed by atoms with Crippen molar-refractivity contribution in [3.05, 3.63) is 22.8 Å². The second-order valence-corrected chi connectivity index (χ2v) is 6.52. The van der Waals surface area contributed by atoms with Crippen LogP contribution in [0, 0.1) is 25.2 Å². The molecule has 1 heterocycles. The minimum atomic E-state index is 0.394. The van der Waals surface area contributed by atoms with Gasteiger partial charge in [-0.05, 0) is 50.1 Å². The van der Waals surface area contributed by atoms with Crippen LogP contribution in [0.3, 0.4) is 0 Å². The lowest BCUT2D eigenvalue weighted by atomic mass is 9.98. The molecule has 3 nitrogen and oxygen atoms in total. The third-order valence-corrected chi connectivity index (χ3v) is 4.22. The molecule has 18 heavy (non-hydrogen) atoms. The molecule has 100 valence electrons. The molecule has 0 bridgehead atoms. The summed E-state index contributed by atoms with van der Waals surface area (Å²) >= 11 is 0. The third kappa shape index (κ3) is 2.56. The molecule has 1 saturated carbocycles. The second kappa shape index (κ2) is 4.61. The van der Waals surface area contributed by atoms with Crippen LogP contribution in [0.5, 0.6) is 0 Å². The summed E-state index contributed by atoms with van der Waals surface area (Å²) in [4.78, 5) is 9.45. The summed E-state index contributed by atoms with van der Waals surface area (Å²) < 4.78 is 0. The number of hydrogen-bond donors (Lipinski definition) is 1. The number of nitrogens with two attached hydrogens (primary N) is 1.